The van der Waals surface area contributed by atoms with Crippen molar-refractivity contribution >= 4 is 12.0 Å². The van der Waals surface area contributed by atoms with Crippen molar-refractivity contribution in [3.05, 3.63) is 0 Å². The lowest BCUT2D eigenvalue weighted by Gasteiger charge is -2.23. The zero-order valence-corrected chi connectivity index (χ0v) is 14.3. The minimum atomic E-state index is -1.000. The first-order valence-corrected chi connectivity index (χ1v) is 8.60. The summed E-state index contributed by atoms with van der Waals surface area (Å²) in [5, 5.41) is 15.0. The SMILES string of the molecule is CC(C)C[C@H](NC(=O)OCC1CCCO1)C(=O)N[C@H]1CCOC1O. The quantitative estimate of drug-likeness (QED) is 0.622. The third-order valence-corrected chi connectivity index (χ3v) is 4.13. The molecule has 2 heterocycles. The molecule has 0 spiro atoms. The highest BCUT2D eigenvalue weighted by Crippen LogP contribution is 2.14. The van der Waals surface area contributed by atoms with E-state index in [2.05, 4.69) is 10.6 Å². The second-order valence-corrected chi connectivity index (χ2v) is 6.73. The number of carbonyl (C=O) groups is 2. The van der Waals surface area contributed by atoms with Crippen LogP contribution in [-0.4, -0.2) is 61.4 Å². The van der Waals surface area contributed by atoms with Gasteiger partial charge in [0.15, 0.2) is 6.29 Å². The second kappa shape index (κ2) is 9.19. The molecule has 0 aromatic rings. The first-order valence-electron chi connectivity index (χ1n) is 8.60. The predicted octanol–water partition coefficient (Wildman–Crippen LogP) is 0.530. The van der Waals surface area contributed by atoms with Crippen molar-refractivity contribution in [3.8, 4) is 0 Å². The Hall–Kier alpha value is -1.38. The van der Waals surface area contributed by atoms with E-state index in [4.69, 9.17) is 14.2 Å². The van der Waals surface area contributed by atoms with E-state index in [1.807, 2.05) is 13.8 Å². The monoisotopic (exact) mass is 344 g/mol. The van der Waals surface area contributed by atoms with Crippen LogP contribution >= 0.6 is 0 Å². The Morgan fingerprint density at radius 1 is 1.25 bits per heavy atom. The second-order valence-electron chi connectivity index (χ2n) is 6.73. The van der Waals surface area contributed by atoms with Gasteiger partial charge in [-0.2, -0.15) is 0 Å². The molecule has 0 radical (unpaired) electrons. The van der Waals surface area contributed by atoms with Crippen LogP contribution in [0.1, 0.15) is 39.5 Å². The van der Waals surface area contributed by atoms with E-state index < -0.39 is 24.5 Å². The fourth-order valence-corrected chi connectivity index (χ4v) is 2.83. The van der Waals surface area contributed by atoms with E-state index in [9.17, 15) is 14.7 Å². The van der Waals surface area contributed by atoms with Crippen LogP contribution < -0.4 is 10.6 Å². The minimum Gasteiger partial charge on any atom is -0.447 e. The van der Waals surface area contributed by atoms with Gasteiger partial charge in [0.25, 0.3) is 0 Å². The predicted molar refractivity (Wildman–Crippen MR) is 85.2 cm³/mol. The summed E-state index contributed by atoms with van der Waals surface area (Å²) < 4.78 is 15.6. The number of alkyl carbamates (subject to hydrolysis) is 1. The van der Waals surface area contributed by atoms with E-state index in [1.165, 1.54) is 0 Å². The first kappa shape index (κ1) is 19.0. The molecule has 3 N–H and O–H groups in total. The fraction of sp³-hybridized carbons (Fsp3) is 0.875. The third kappa shape index (κ3) is 5.92. The number of hydrogen-bond donors (Lipinski definition) is 3. The number of aliphatic hydroxyl groups is 1. The summed E-state index contributed by atoms with van der Waals surface area (Å²) >= 11 is 0. The standard InChI is InChI=1S/C16H28N2O6/c1-10(2)8-13(14(19)17-12-5-7-23-15(12)20)18-16(21)24-9-11-4-3-6-22-11/h10-13,15,20H,3-9H2,1-2H3,(H,17,19)(H,18,21)/t11?,12-,13-,15?/m0/s1. The molecule has 0 saturated carbocycles. The largest absolute Gasteiger partial charge is 0.447 e. The molecule has 0 aliphatic carbocycles. The van der Waals surface area contributed by atoms with Gasteiger partial charge in [-0.3, -0.25) is 4.79 Å². The molecule has 2 unspecified atom stereocenters. The van der Waals surface area contributed by atoms with Gasteiger partial charge in [0.05, 0.1) is 18.8 Å². The molecular weight excluding hydrogens is 316 g/mol. The van der Waals surface area contributed by atoms with E-state index in [0.717, 1.165) is 12.8 Å². The Bertz CT molecular complexity index is 425. The number of carbonyl (C=O) groups excluding carboxylic acids is 2. The van der Waals surface area contributed by atoms with Crippen LogP contribution in [-0.2, 0) is 19.0 Å². The Balaban J connectivity index is 1.81. The summed E-state index contributed by atoms with van der Waals surface area (Å²) in [5.74, 6) is -0.128. The molecule has 2 aliphatic rings. The number of rotatable bonds is 7. The Labute approximate surface area is 142 Å². The minimum absolute atomic E-state index is 0.0566. The molecular formula is C16H28N2O6. The summed E-state index contributed by atoms with van der Waals surface area (Å²) in [4.78, 5) is 24.4. The molecule has 0 aromatic carbocycles. The highest BCUT2D eigenvalue weighted by molar-refractivity contribution is 5.85. The molecule has 0 bridgehead atoms. The molecule has 2 aliphatic heterocycles. The molecule has 24 heavy (non-hydrogen) atoms. The van der Waals surface area contributed by atoms with Crippen molar-refractivity contribution in [2.75, 3.05) is 19.8 Å². The highest BCUT2D eigenvalue weighted by Gasteiger charge is 2.31. The summed E-state index contributed by atoms with van der Waals surface area (Å²) in [7, 11) is 0. The lowest BCUT2D eigenvalue weighted by Crippen LogP contribution is -2.52. The summed E-state index contributed by atoms with van der Waals surface area (Å²) in [6.07, 6.45) is 1.19. The average molecular weight is 344 g/mol. The van der Waals surface area contributed by atoms with Gasteiger partial charge in [-0.05, 0) is 31.6 Å². The van der Waals surface area contributed by atoms with Crippen LogP contribution in [0.2, 0.25) is 0 Å². The fourth-order valence-electron chi connectivity index (χ4n) is 2.83. The molecule has 8 nitrogen and oxygen atoms in total. The zero-order valence-electron chi connectivity index (χ0n) is 14.3. The molecule has 2 rings (SSSR count). The Kier molecular flexibility index (Phi) is 7.26. The molecule has 2 fully saturated rings. The van der Waals surface area contributed by atoms with Crippen LogP contribution in [0.3, 0.4) is 0 Å². The van der Waals surface area contributed by atoms with Gasteiger partial charge in [-0.25, -0.2) is 4.79 Å². The third-order valence-electron chi connectivity index (χ3n) is 4.13. The molecule has 4 atom stereocenters. The van der Waals surface area contributed by atoms with Gasteiger partial charge in [-0.15, -0.1) is 0 Å². The summed E-state index contributed by atoms with van der Waals surface area (Å²) in [6.45, 7) is 5.22. The highest BCUT2D eigenvalue weighted by atomic mass is 16.6. The summed E-state index contributed by atoms with van der Waals surface area (Å²) in [6, 6.07) is -1.16. The van der Waals surface area contributed by atoms with Gasteiger partial charge in [0, 0.05) is 6.61 Å². The number of hydrogen-bond acceptors (Lipinski definition) is 6. The van der Waals surface area contributed by atoms with Crippen molar-refractivity contribution in [1.29, 1.82) is 0 Å². The maximum atomic E-state index is 12.4. The van der Waals surface area contributed by atoms with Crippen molar-refractivity contribution in [2.24, 2.45) is 5.92 Å². The van der Waals surface area contributed by atoms with E-state index in [1.54, 1.807) is 0 Å². The van der Waals surface area contributed by atoms with Crippen LogP contribution in [0.4, 0.5) is 4.79 Å². The van der Waals surface area contributed by atoms with Gasteiger partial charge in [0.1, 0.15) is 12.6 Å². The van der Waals surface area contributed by atoms with Crippen molar-refractivity contribution in [1.82, 2.24) is 10.6 Å². The van der Waals surface area contributed by atoms with Gasteiger partial charge in [-0.1, -0.05) is 13.8 Å². The molecule has 138 valence electrons. The van der Waals surface area contributed by atoms with Crippen molar-refractivity contribution < 1.29 is 28.9 Å². The molecule has 2 amide bonds. The van der Waals surface area contributed by atoms with Crippen LogP contribution in [0.25, 0.3) is 0 Å². The van der Waals surface area contributed by atoms with Crippen molar-refractivity contribution in [3.63, 3.8) is 0 Å². The van der Waals surface area contributed by atoms with Crippen LogP contribution in [0.15, 0.2) is 0 Å². The number of ether oxygens (including phenoxy) is 3. The lowest BCUT2D eigenvalue weighted by atomic mass is 10.0. The molecule has 8 heteroatoms. The van der Waals surface area contributed by atoms with E-state index >= 15 is 0 Å². The molecule has 2 saturated heterocycles. The van der Waals surface area contributed by atoms with Gasteiger partial charge in [0.2, 0.25) is 5.91 Å². The van der Waals surface area contributed by atoms with Crippen LogP contribution in [0.5, 0.6) is 0 Å². The zero-order chi connectivity index (χ0) is 17.5. The lowest BCUT2D eigenvalue weighted by molar-refractivity contribution is -0.127. The average Bonchev–Trinajstić information content (AvgIpc) is 3.16. The van der Waals surface area contributed by atoms with Gasteiger partial charge < -0.3 is 30.0 Å². The maximum absolute atomic E-state index is 12.4. The Morgan fingerprint density at radius 2 is 2.04 bits per heavy atom. The smallest absolute Gasteiger partial charge is 0.407 e. The summed E-state index contributed by atoms with van der Waals surface area (Å²) in [5.41, 5.74) is 0. The van der Waals surface area contributed by atoms with E-state index in [-0.39, 0.29) is 24.5 Å². The van der Waals surface area contributed by atoms with Crippen LogP contribution in [0, 0.1) is 5.92 Å². The van der Waals surface area contributed by atoms with E-state index in [0.29, 0.717) is 26.1 Å². The van der Waals surface area contributed by atoms with Crippen molar-refractivity contribution in [2.45, 2.75) is 64.0 Å². The molecule has 0 aromatic heterocycles. The number of nitrogens with one attached hydrogen (secondary N) is 2. The van der Waals surface area contributed by atoms with Gasteiger partial charge >= 0.3 is 6.09 Å². The normalized spacial score (nSPS) is 27.9. The topological polar surface area (TPSA) is 106 Å². The maximum Gasteiger partial charge on any atom is 0.407 e. The number of aliphatic hydroxyl groups excluding tert-OH is 1. The first-order chi connectivity index (χ1) is 11.5. The Morgan fingerprint density at radius 3 is 2.62 bits per heavy atom. The number of amides is 2.